The fourth-order valence-electron chi connectivity index (χ4n) is 1.42. The van der Waals surface area contributed by atoms with Crippen molar-refractivity contribution in [2.75, 3.05) is 5.32 Å². The highest BCUT2D eigenvalue weighted by Crippen LogP contribution is 2.30. The highest BCUT2D eigenvalue weighted by molar-refractivity contribution is 9.11. The Bertz CT molecular complexity index is 519. The van der Waals surface area contributed by atoms with Crippen molar-refractivity contribution in [3.05, 3.63) is 50.6 Å². The second-order valence-electron chi connectivity index (χ2n) is 3.69. The molecule has 0 aliphatic carbocycles. The molecule has 0 aliphatic rings. The highest BCUT2D eigenvalue weighted by atomic mass is 79.9. The molecule has 0 aliphatic heterocycles. The zero-order valence-electron chi connectivity index (χ0n) is 9.09. The van der Waals surface area contributed by atoms with Crippen LogP contribution in [0.3, 0.4) is 0 Å². The normalized spacial score (nSPS) is 11.6. The van der Waals surface area contributed by atoms with E-state index in [9.17, 15) is 13.2 Å². The Kier molecular flexibility index (Phi) is 3.97. The summed E-state index contributed by atoms with van der Waals surface area (Å²) in [5, 5.41) is 5.06. The van der Waals surface area contributed by atoms with Crippen molar-refractivity contribution in [2.45, 2.75) is 12.7 Å². The standard InChI is InChI=1S/C12H9BrF3NS/c13-11-5-8(7-18-11)6-17-10-3-1-9(2-4-10)12(14,15)16/h1-5,7,17H,6H2. The first-order valence-electron chi connectivity index (χ1n) is 5.09. The van der Waals surface area contributed by atoms with E-state index in [2.05, 4.69) is 21.2 Å². The zero-order valence-corrected chi connectivity index (χ0v) is 11.5. The lowest BCUT2D eigenvalue weighted by Gasteiger charge is -2.08. The maximum absolute atomic E-state index is 12.3. The quantitative estimate of drug-likeness (QED) is 0.818. The molecule has 1 heterocycles. The highest BCUT2D eigenvalue weighted by Gasteiger charge is 2.29. The SMILES string of the molecule is FC(F)(F)c1ccc(NCc2csc(Br)c2)cc1. The molecule has 0 unspecified atom stereocenters. The van der Waals surface area contributed by atoms with Crippen LogP contribution in [0.25, 0.3) is 0 Å². The first-order chi connectivity index (χ1) is 8.45. The van der Waals surface area contributed by atoms with E-state index >= 15 is 0 Å². The average molecular weight is 336 g/mol. The average Bonchev–Trinajstić information content (AvgIpc) is 2.72. The van der Waals surface area contributed by atoms with E-state index in [-0.39, 0.29) is 0 Å². The van der Waals surface area contributed by atoms with E-state index in [4.69, 9.17) is 0 Å². The summed E-state index contributed by atoms with van der Waals surface area (Å²) in [5.74, 6) is 0. The molecular formula is C12H9BrF3NS. The molecule has 2 aromatic rings. The van der Waals surface area contributed by atoms with Gasteiger partial charge in [-0.3, -0.25) is 0 Å². The lowest BCUT2D eigenvalue weighted by atomic mass is 10.2. The topological polar surface area (TPSA) is 12.0 Å². The summed E-state index contributed by atoms with van der Waals surface area (Å²) in [6.07, 6.45) is -4.28. The van der Waals surface area contributed by atoms with Crippen LogP contribution in [0.5, 0.6) is 0 Å². The second-order valence-corrected chi connectivity index (χ2v) is 5.98. The number of benzene rings is 1. The molecule has 1 nitrogen and oxygen atoms in total. The molecule has 96 valence electrons. The summed E-state index contributed by atoms with van der Waals surface area (Å²) in [7, 11) is 0. The second kappa shape index (κ2) is 5.32. The first kappa shape index (κ1) is 13.4. The summed E-state index contributed by atoms with van der Waals surface area (Å²) in [6.45, 7) is 0.591. The largest absolute Gasteiger partial charge is 0.416 e. The Balaban J connectivity index is 1.98. The summed E-state index contributed by atoms with van der Waals surface area (Å²) >= 11 is 4.93. The van der Waals surface area contributed by atoms with Crippen LogP contribution in [-0.4, -0.2) is 0 Å². The van der Waals surface area contributed by atoms with E-state index in [0.717, 1.165) is 21.5 Å². The summed E-state index contributed by atoms with van der Waals surface area (Å²) in [4.78, 5) is 0. The molecule has 1 N–H and O–H groups in total. The molecule has 0 saturated carbocycles. The molecule has 0 fully saturated rings. The monoisotopic (exact) mass is 335 g/mol. The zero-order chi connectivity index (χ0) is 13.2. The fourth-order valence-corrected chi connectivity index (χ4v) is 2.63. The van der Waals surface area contributed by atoms with Gasteiger partial charge in [0.25, 0.3) is 0 Å². The van der Waals surface area contributed by atoms with Crippen LogP contribution >= 0.6 is 27.3 Å². The number of thiophene rings is 1. The number of anilines is 1. The molecule has 0 spiro atoms. The van der Waals surface area contributed by atoms with Gasteiger partial charge in [-0.05, 0) is 57.2 Å². The molecule has 1 aromatic carbocycles. The smallest absolute Gasteiger partial charge is 0.381 e. The van der Waals surface area contributed by atoms with Gasteiger partial charge in [0.2, 0.25) is 0 Å². The maximum Gasteiger partial charge on any atom is 0.416 e. The van der Waals surface area contributed by atoms with Crippen LogP contribution in [0.4, 0.5) is 18.9 Å². The maximum atomic E-state index is 12.3. The van der Waals surface area contributed by atoms with E-state index in [1.54, 1.807) is 11.3 Å². The van der Waals surface area contributed by atoms with Gasteiger partial charge in [-0.25, -0.2) is 0 Å². The van der Waals surface area contributed by atoms with Gasteiger partial charge in [-0.1, -0.05) is 0 Å². The van der Waals surface area contributed by atoms with Crippen molar-refractivity contribution in [1.29, 1.82) is 0 Å². The van der Waals surface area contributed by atoms with Crippen LogP contribution in [0, 0.1) is 0 Å². The van der Waals surface area contributed by atoms with Crippen molar-refractivity contribution in [3.8, 4) is 0 Å². The number of rotatable bonds is 3. The van der Waals surface area contributed by atoms with Gasteiger partial charge in [-0.15, -0.1) is 11.3 Å². The molecule has 0 saturated heterocycles. The van der Waals surface area contributed by atoms with Gasteiger partial charge in [0.15, 0.2) is 0 Å². The Morgan fingerprint density at radius 3 is 2.33 bits per heavy atom. The molecule has 0 amide bonds. The summed E-state index contributed by atoms with van der Waals surface area (Å²) in [5.41, 5.74) is 1.13. The molecule has 2 rings (SSSR count). The Morgan fingerprint density at radius 2 is 1.83 bits per heavy atom. The van der Waals surface area contributed by atoms with Crippen LogP contribution in [0.15, 0.2) is 39.5 Å². The van der Waals surface area contributed by atoms with Crippen LogP contribution in [0.1, 0.15) is 11.1 Å². The number of hydrogen-bond acceptors (Lipinski definition) is 2. The third kappa shape index (κ3) is 3.49. The molecule has 0 atom stereocenters. The molecule has 6 heteroatoms. The first-order valence-corrected chi connectivity index (χ1v) is 6.76. The number of halogens is 4. The number of alkyl halides is 3. The minimum atomic E-state index is -4.28. The lowest BCUT2D eigenvalue weighted by molar-refractivity contribution is -0.137. The molecule has 18 heavy (non-hydrogen) atoms. The van der Waals surface area contributed by atoms with Crippen molar-refractivity contribution in [2.24, 2.45) is 0 Å². The predicted octanol–water partition coefficient (Wildman–Crippen LogP) is 5.14. The van der Waals surface area contributed by atoms with Crippen molar-refractivity contribution in [3.63, 3.8) is 0 Å². The van der Waals surface area contributed by atoms with Crippen LogP contribution < -0.4 is 5.32 Å². The van der Waals surface area contributed by atoms with Crippen molar-refractivity contribution >= 4 is 33.0 Å². The van der Waals surface area contributed by atoms with Crippen molar-refractivity contribution < 1.29 is 13.2 Å². The van der Waals surface area contributed by atoms with Gasteiger partial charge >= 0.3 is 6.18 Å². The van der Waals surface area contributed by atoms with E-state index in [1.165, 1.54) is 12.1 Å². The minimum Gasteiger partial charge on any atom is -0.381 e. The minimum absolute atomic E-state index is 0.591. The summed E-state index contributed by atoms with van der Waals surface area (Å²) < 4.78 is 38.1. The van der Waals surface area contributed by atoms with Gasteiger partial charge in [0.1, 0.15) is 0 Å². The third-order valence-corrected chi connectivity index (χ3v) is 3.88. The van der Waals surface area contributed by atoms with E-state index in [0.29, 0.717) is 12.2 Å². The molecule has 1 aromatic heterocycles. The Morgan fingerprint density at radius 1 is 1.17 bits per heavy atom. The van der Waals surface area contributed by atoms with E-state index in [1.807, 2.05) is 11.4 Å². The molecule has 0 bridgehead atoms. The van der Waals surface area contributed by atoms with Gasteiger partial charge in [0, 0.05) is 12.2 Å². The van der Waals surface area contributed by atoms with E-state index < -0.39 is 11.7 Å². The van der Waals surface area contributed by atoms with Gasteiger partial charge in [0.05, 0.1) is 9.35 Å². The number of nitrogens with one attached hydrogen (secondary N) is 1. The fraction of sp³-hybridized carbons (Fsp3) is 0.167. The van der Waals surface area contributed by atoms with Crippen LogP contribution in [0.2, 0.25) is 0 Å². The van der Waals surface area contributed by atoms with Crippen molar-refractivity contribution in [1.82, 2.24) is 0 Å². The van der Waals surface area contributed by atoms with Gasteiger partial charge in [-0.2, -0.15) is 13.2 Å². The predicted molar refractivity (Wildman–Crippen MR) is 70.8 cm³/mol. The number of hydrogen-bond donors (Lipinski definition) is 1. The third-order valence-electron chi connectivity index (χ3n) is 2.33. The lowest BCUT2D eigenvalue weighted by Crippen LogP contribution is -2.05. The van der Waals surface area contributed by atoms with Gasteiger partial charge < -0.3 is 5.32 Å². The Labute approximate surface area is 115 Å². The Hall–Kier alpha value is -1.01. The molecule has 0 radical (unpaired) electrons. The molecular weight excluding hydrogens is 327 g/mol. The van der Waals surface area contributed by atoms with Crippen LogP contribution in [-0.2, 0) is 12.7 Å². The summed E-state index contributed by atoms with van der Waals surface area (Å²) in [6, 6.07) is 6.99.